The van der Waals surface area contributed by atoms with Gasteiger partial charge < -0.3 is 4.23 Å². The molecule has 0 aliphatic heterocycles. The van der Waals surface area contributed by atoms with Crippen molar-refractivity contribution in [1.29, 1.82) is 0 Å². The van der Waals surface area contributed by atoms with Gasteiger partial charge in [-0.2, -0.15) is 0 Å². The van der Waals surface area contributed by atoms with Gasteiger partial charge in [-0.3, -0.25) is 0 Å². The molecule has 2 aromatic rings. The molecule has 0 N–H and O–H groups in total. The molecule has 0 atom stereocenters. The van der Waals surface area contributed by atoms with Crippen molar-refractivity contribution in [2.24, 2.45) is 0 Å². The standard InChI is InChI=1S/C33H55NSi2/c1-24(2)35(25(3)4,26(5)6)34(36(27(7)8,28(9)10)29(11)12)23-31-19-21-33(22-20-31)30(13)32-17-15-14-16-18-32/h14-22,24-29H,13,23H2,1-12H3. The Balaban J connectivity index is 2.69. The molecule has 0 aliphatic carbocycles. The average molecular weight is 522 g/mol. The van der Waals surface area contributed by atoms with Crippen molar-refractivity contribution in [3.63, 3.8) is 0 Å². The van der Waals surface area contributed by atoms with Crippen molar-refractivity contribution in [1.82, 2.24) is 4.23 Å². The van der Waals surface area contributed by atoms with E-state index in [1.165, 1.54) is 16.7 Å². The molecule has 0 heterocycles. The molecule has 0 amide bonds. The zero-order chi connectivity index (χ0) is 27.4. The molecule has 0 aromatic heterocycles. The predicted molar refractivity (Wildman–Crippen MR) is 169 cm³/mol. The molecule has 200 valence electrons. The lowest BCUT2D eigenvalue weighted by molar-refractivity contribution is 0.493. The summed E-state index contributed by atoms with van der Waals surface area (Å²) in [6.07, 6.45) is 0. The highest BCUT2D eigenvalue weighted by atomic mass is 28.4. The highest BCUT2D eigenvalue weighted by Gasteiger charge is 2.59. The van der Waals surface area contributed by atoms with Gasteiger partial charge in [0.05, 0.1) is 0 Å². The lowest BCUT2D eigenvalue weighted by Gasteiger charge is -2.63. The highest BCUT2D eigenvalue weighted by Crippen LogP contribution is 2.54. The van der Waals surface area contributed by atoms with E-state index in [0.717, 1.165) is 12.1 Å². The summed E-state index contributed by atoms with van der Waals surface area (Å²) in [6.45, 7) is 35.9. The van der Waals surface area contributed by atoms with Gasteiger partial charge in [-0.05, 0) is 55.5 Å². The summed E-state index contributed by atoms with van der Waals surface area (Å²) in [4.78, 5) is 0. The number of rotatable bonds is 12. The second kappa shape index (κ2) is 12.4. The first kappa shape index (κ1) is 30.8. The van der Waals surface area contributed by atoms with Crippen LogP contribution in [0.5, 0.6) is 0 Å². The summed E-state index contributed by atoms with van der Waals surface area (Å²) in [5, 5.41) is 0. The molecule has 0 radical (unpaired) electrons. The molecular weight excluding hydrogens is 467 g/mol. The lowest BCUT2D eigenvalue weighted by atomic mass is 9.99. The van der Waals surface area contributed by atoms with Gasteiger partial charge in [-0.1, -0.05) is 144 Å². The van der Waals surface area contributed by atoms with Gasteiger partial charge in [0.1, 0.15) is 16.5 Å². The van der Waals surface area contributed by atoms with Gasteiger partial charge in [0.2, 0.25) is 0 Å². The molecule has 3 heteroatoms. The van der Waals surface area contributed by atoms with E-state index in [2.05, 4.69) is 148 Å². The summed E-state index contributed by atoms with van der Waals surface area (Å²) >= 11 is 0. The number of nitrogens with zero attached hydrogens (tertiary/aromatic N) is 1. The molecular formula is C33H55NSi2. The third kappa shape index (κ3) is 5.54. The van der Waals surface area contributed by atoms with Gasteiger partial charge in [-0.15, -0.1) is 0 Å². The monoisotopic (exact) mass is 521 g/mol. The average Bonchev–Trinajstić information content (AvgIpc) is 2.79. The van der Waals surface area contributed by atoms with E-state index in [1.54, 1.807) is 0 Å². The topological polar surface area (TPSA) is 3.24 Å². The zero-order valence-electron chi connectivity index (χ0n) is 25.5. The van der Waals surface area contributed by atoms with Crippen LogP contribution in [0.1, 0.15) is 99.8 Å². The maximum absolute atomic E-state index is 4.41. The summed E-state index contributed by atoms with van der Waals surface area (Å²) in [7, 11) is -3.75. The Labute approximate surface area is 226 Å². The Bertz CT molecular complexity index is 879. The molecule has 0 unspecified atom stereocenters. The first-order chi connectivity index (χ1) is 16.7. The Morgan fingerprint density at radius 3 is 1.22 bits per heavy atom. The van der Waals surface area contributed by atoms with Crippen molar-refractivity contribution < 1.29 is 0 Å². The molecule has 0 spiro atoms. The highest BCUT2D eigenvalue weighted by molar-refractivity contribution is 6.96. The van der Waals surface area contributed by atoms with Crippen LogP contribution in [0.4, 0.5) is 0 Å². The summed E-state index contributed by atoms with van der Waals surface area (Å²) in [6, 6.07) is 19.9. The van der Waals surface area contributed by atoms with Gasteiger partial charge in [-0.25, -0.2) is 0 Å². The smallest absolute Gasteiger partial charge is 0.129 e. The van der Waals surface area contributed by atoms with E-state index in [0.29, 0.717) is 33.2 Å². The maximum Gasteiger partial charge on any atom is 0.129 e. The first-order valence-electron chi connectivity index (χ1n) is 14.4. The first-order valence-corrected chi connectivity index (χ1v) is 18.7. The van der Waals surface area contributed by atoms with Gasteiger partial charge in [0, 0.05) is 6.54 Å². The van der Waals surface area contributed by atoms with Gasteiger partial charge >= 0.3 is 0 Å². The van der Waals surface area contributed by atoms with E-state index in [4.69, 9.17) is 0 Å². The molecule has 0 bridgehead atoms. The fourth-order valence-corrected chi connectivity index (χ4v) is 28.3. The Hall–Kier alpha value is -1.43. The van der Waals surface area contributed by atoms with Crippen LogP contribution in [-0.4, -0.2) is 20.7 Å². The quantitative estimate of drug-likeness (QED) is 0.251. The fourth-order valence-electron chi connectivity index (χ4n) is 8.28. The number of hydrogen-bond acceptors (Lipinski definition) is 1. The van der Waals surface area contributed by atoms with Crippen LogP contribution in [0, 0.1) is 0 Å². The SMILES string of the molecule is C=C(c1ccccc1)c1ccc(CN([Si](C(C)C)(C(C)C)C(C)C)[Si](C(C)C)(C(C)C)C(C)C)cc1. The second-order valence-electron chi connectivity index (χ2n) is 12.8. The largest absolute Gasteiger partial charge is 0.340 e. The van der Waals surface area contributed by atoms with Crippen LogP contribution in [0.15, 0.2) is 61.2 Å². The molecule has 0 fully saturated rings. The Kier molecular flexibility index (Phi) is 10.6. The minimum absolute atomic E-state index is 0.706. The van der Waals surface area contributed by atoms with E-state index >= 15 is 0 Å². The third-order valence-electron chi connectivity index (χ3n) is 9.25. The van der Waals surface area contributed by atoms with Crippen LogP contribution in [-0.2, 0) is 6.54 Å². The Morgan fingerprint density at radius 1 is 0.556 bits per heavy atom. The third-order valence-corrected chi connectivity index (χ3v) is 24.9. The van der Waals surface area contributed by atoms with Crippen molar-refractivity contribution in [3.05, 3.63) is 77.9 Å². The lowest BCUT2D eigenvalue weighted by Crippen LogP contribution is -2.73. The van der Waals surface area contributed by atoms with Gasteiger partial charge in [0.15, 0.2) is 0 Å². The molecule has 36 heavy (non-hydrogen) atoms. The van der Waals surface area contributed by atoms with Crippen molar-refractivity contribution in [2.45, 2.75) is 123 Å². The fraction of sp³-hybridized carbons (Fsp3) is 0.576. The second-order valence-corrected chi connectivity index (χ2v) is 24.8. The van der Waals surface area contributed by atoms with Crippen LogP contribution in [0.25, 0.3) is 5.57 Å². The summed E-state index contributed by atoms with van der Waals surface area (Å²) in [5.41, 5.74) is 9.21. The zero-order valence-corrected chi connectivity index (χ0v) is 27.5. The molecule has 2 rings (SSSR count). The number of benzene rings is 2. The minimum atomic E-state index is -1.87. The van der Waals surface area contributed by atoms with E-state index in [-0.39, 0.29) is 0 Å². The Morgan fingerprint density at radius 2 is 0.889 bits per heavy atom. The maximum atomic E-state index is 4.41. The van der Waals surface area contributed by atoms with Crippen LogP contribution in [0.3, 0.4) is 0 Å². The summed E-state index contributed by atoms with van der Waals surface area (Å²) in [5.74, 6) is 0. The number of hydrogen-bond donors (Lipinski definition) is 0. The van der Waals surface area contributed by atoms with Crippen LogP contribution in [0.2, 0.25) is 33.2 Å². The van der Waals surface area contributed by atoms with E-state index in [9.17, 15) is 0 Å². The minimum Gasteiger partial charge on any atom is -0.340 e. The van der Waals surface area contributed by atoms with Crippen LogP contribution >= 0.6 is 0 Å². The van der Waals surface area contributed by atoms with Gasteiger partial charge in [0.25, 0.3) is 0 Å². The molecule has 0 saturated carbocycles. The molecule has 0 aliphatic rings. The molecule has 0 saturated heterocycles. The van der Waals surface area contributed by atoms with Crippen LogP contribution < -0.4 is 0 Å². The predicted octanol–water partition coefficient (Wildman–Crippen LogP) is 10.9. The van der Waals surface area contributed by atoms with E-state index < -0.39 is 16.5 Å². The van der Waals surface area contributed by atoms with E-state index in [1.807, 2.05) is 0 Å². The summed E-state index contributed by atoms with van der Waals surface area (Å²) < 4.78 is 3.26. The van der Waals surface area contributed by atoms with Crippen molar-refractivity contribution in [2.75, 3.05) is 0 Å². The van der Waals surface area contributed by atoms with Crippen molar-refractivity contribution in [3.8, 4) is 0 Å². The normalized spacial score (nSPS) is 13.3. The molecule has 1 nitrogen and oxygen atoms in total. The van der Waals surface area contributed by atoms with Crippen molar-refractivity contribution >= 4 is 22.0 Å². The molecule has 2 aromatic carbocycles.